The van der Waals surface area contributed by atoms with Crippen molar-refractivity contribution in [2.24, 2.45) is 10.9 Å². The fraction of sp³-hybridized carbons (Fsp3) is 0.520. The summed E-state index contributed by atoms with van der Waals surface area (Å²) in [4.78, 5) is 11.2. The average molecular weight is 440 g/mol. The standard InChI is InChI=1S/C25H37N5O2/c1-5-30(6-2)24-10-8-20(14-27-24)15-28-25(26-4)29-16-22-9-7-19(3)13-23(22)32-18-21-11-12-31-17-21/h7-10,13-14,21H,5-6,11-12,15-18H2,1-4H3,(H2,26,28,29). The van der Waals surface area contributed by atoms with E-state index in [2.05, 4.69) is 76.6 Å². The number of aliphatic imine (C=N–C) groups is 1. The molecular weight excluding hydrogens is 402 g/mol. The van der Waals surface area contributed by atoms with Crippen molar-refractivity contribution >= 4 is 11.8 Å². The molecule has 0 radical (unpaired) electrons. The number of aryl methyl sites for hydroxylation is 1. The number of hydrogen-bond acceptors (Lipinski definition) is 5. The fourth-order valence-electron chi connectivity index (χ4n) is 3.71. The van der Waals surface area contributed by atoms with E-state index in [-0.39, 0.29) is 0 Å². The highest BCUT2D eigenvalue weighted by Gasteiger charge is 2.17. The number of nitrogens with one attached hydrogen (secondary N) is 2. The highest BCUT2D eigenvalue weighted by molar-refractivity contribution is 5.79. The van der Waals surface area contributed by atoms with Crippen LogP contribution in [0.3, 0.4) is 0 Å². The Morgan fingerprint density at radius 1 is 1.19 bits per heavy atom. The molecule has 1 saturated heterocycles. The van der Waals surface area contributed by atoms with Gasteiger partial charge in [-0.2, -0.15) is 0 Å². The van der Waals surface area contributed by atoms with E-state index in [0.717, 1.165) is 61.4 Å². The lowest BCUT2D eigenvalue weighted by molar-refractivity contribution is 0.166. The number of nitrogens with zero attached hydrogens (tertiary/aromatic N) is 3. The van der Waals surface area contributed by atoms with Crippen molar-refractivity contribution in [1.29, 1.82) is 0 Å². The molecule has 2 aromatic rings. The van der Waals surface area contributed by atoms with Crippen molar-refractivity contribution in [3.05, 3.63) is 53.2 Å². The van der Waals surface area contributed by atoms with Gasteiger partial charge < -0.3 is 25.0 Å². The lowest BCUT2D eigenvalue weighted by atomic mass is 10.1. The second-order valence-electron chi connectivity index (χ2n) is 8.13. The molecule has 1 aliphatic rings. The van der Waals surface area contributed by atoms with Gasteiger partial charge in [-0.1, -0.05) is 18.2 Å². The van der Waals surface area contributed by atoms with Gasteiger partial charge in [-0.05, 0) is 50.5 Å². The average Bonchev–Trinajstić information content (AvgIpc) is 3.34. The topological polar surface area (TPSA) is 71.0 Å². The summed E-state index contributed by atoms with van der Waals surface area (Å²) in [7, 11) is 1.78. The second kappa shape index (κ2) is 12.3. The summed E-state index contributed by atoms with van der Waals surface area (Å²) in [5.41, 5.74) is 3.42. The Balaban J connectivity index is 1.52. The third kappa shape index (κ3) is 6.85. The molecule has 1 aromatic heterocycles. The number of rotatable bonds is 10. The Bertz CT molecular complexity index is 859. The number of hydrogen-bond donors (Lipinski definition) is 2. The van der Waals surface area contributed by atoms with E-state index < -0.39 is 0 Å². The number of benzene rings is 1. The molecule has 2 N–H and O–H groups in total. The molecule has 1 fully saturated rings. The zero-order valence-corrected chi connectivity index (χ0v) is 19.9. The molecule has 3 rings (SSSR count). The number of ether oxygens (including phenoxy) is 2. The normalized spacial score (nSPS) is 16.1. The van der Waals surface area contributed by atoms with Crippen LogP contribution in [0.5, 0.6) is 5.75 Å². The SMILES string of the molecule is CCN(CC)c1ccc(CNC(=NC)NCc2ccc(C)cc2OCC2CCOC2)cn1. The van der Waals surface area contributed by atoms with Crippen LogP contribution in [0.4, 0.5) is 5.82 Å². The zero-order chi connectivity index (χ0) is 22.8. The van der Waals surface area contributed by atoms with Crippen molar-refractivity contribution in [3.8, 4) is 5.75 Å². The minimum atomic E-state index is 0.479. The van der Waals surface area contributed by atoms with Crippen molar-refractivity contribution in [2.75, 3.05) is 44.9 Å². The van der Waals surface area contributed by atoms with Gasteiger partial charge in [0, 0.05) is 57.5 Å². The highest BCUT2D eigenvalue weighted by Crippen LogP contribution is 2.22. The molecule has 174 valence electrons. The maximum absolute atomic E-state index is 6.15. The second-order valence-corrected chi connectivity index (χ2v) is 8.13. The molecule has 1 aliphatic heterocycles. The van der Waals surface area contributed by atoms with Crippen molar-refractivity contribution in [1.82, 2.24) is 15.6 Å². The molecular formula is C25H37N5O2. The van der Waals surface area contributed by atoms with Crippen molar-refractivity contribution in [2.45, 2.75) is 40.3 Å². The smallest absolute Gasteiger partial charge is 0.191 e. The Morgan fingerprint density at radius 3 is 2.66 bits per heavy atom. The molecule has 2 heterocycles. The first kappa shape index (κ1) is 23.9. The van der Waals surface area contributed by atoms with E-state index >= 15 is 0 Å². The molecule has 0 aliphatic carbocycles. The molecule has 1 aromatic carbocycles. The summed E-state index contributed by atoms with van der Waals surface area (Å²) in [5, 5.41) is 6.77. The Hall–Kier alpha value is -2.80. The Labute approximate surface area is 192 Å². The van der Waals surface area contributed by atoms with E-state index in [1.165, 1.54) is 5.56 Å². The van der Waals surface area contributed by atoms with Crippen LogP contribution in [-0.2, 0) is 17.8 Å². The van der Waals surface area contributed by atoms with E-state index in [4.69, 9.17) is 9.47 Å². The summed E-state index contributed by atoms with van der Waals surface area (Å²) in [6.07, 6.45) is 2.99. The van der Waals surface area contributed by atoms with Crippen LogP contribution in [0.2, 0.25) is 0 Å². The van der Waals surface area contributed by atoms with Gasteiger partial charge in [0.05, 0.1) is 13.2 Å². The van der Waals surface area contributed by atoms with Gasteiger partial charge in [0.1, 0.15) is 11.6 Å². The van der Waals surface area contributed by atoms with Crippen LogP contribution < -0.4 is 20.3 Å². The minimum absolute atomic E-state index is 0.479. The van der Waals surface area contributed by atoms with Crippen LogP contribution in [0.1, 0.15) is 37.0 Å². The molecule has 0 bridgehead atoms. The van der Waals surface area contributed by atoms with Crippen molar-refractivity contribution < 1.29 is 9.47 Å². The van der Waals surface area contributed by atoms with Gasteiger partial charge >= 0.3 is 0 Å². The zero-order valence-electron chi connectivity index (χ0n) is 19.9. The maximum atomic E-state index is 6.15. The lowest BCUT2D eigenvalue weighted by Crippen LogP contribution is -2.36. The number of anilines is 1. The van der Waals surface area contributed by atoms with Crippen LogP contribution in [0.25, 0.3) is 0 Å². The first-order valence-electron chi connectivity index (χ1n) is 11.6. The van der Waals surface area contributed by atoms with Crippen LogP contribution in [0, 0.1) is 12.8 Å². The third-order valence-electron chi connectivity index (χ3n) is 5.75. The van der Waals surface area contributed by atoms with E-state index in [1.807, 2.05) is 6.20 Å². The summed E-state index contributed by atoms with van der Waals surface area (Å²) in [6, 6.07) is 10.5. The number of aromatic nitrogens is 1. The van der Waals surface area contributed by atoms with Gasteiger partial charge in [-0.15, -0.1) is 0 Å². The summed E-state index contributed by atoms with van der Waals surface area (Å²) >= 11 is 0. The molecule has 7 nitrogen and oxygen atoms in total. The van der Waals surface area contributed by atoms with Crippen molar-refractivity contribution in [3.63, 3.8) is 0 Å². The van der Waals surface area contributed by atoms with Crippen LogP contribution in [-0.4, -0.2) is 50.9 Å². The lowest BCUT2D eigenvalue weighted by Gasteiger charge is -2.20. The van der Waals surface area contributed by atoms with Crippen LogP contribution in [0.15, 0.2) is 41.5 Å². The maximum Gasteiger partial charge on any atom is 0.191 e. The van der Waals surface area contributed by atoms with Crippen LogP contribution >= 0.6 is 0 Å². The summed E-state index contributed by atoms with van der Waals surface area (Å²) < 4.78 is 11.6. The molecule has 0 amide bonds. The Kier molecular flexibility index (Phi) is 9.16. The summed E-state index contributed by atoms with van der Waals surface area (Å²) in [5.74, 6) is 3.16. The Morgan fingerprint density at radius 2 is 2.00 bits per heavy atom. The molecule has 7 heteroatoms. The van der Waals surface area contributed by atoms with E-state index in [0.29, 0.717) is 25.6 Å². The third-order valence-corrected chi connectivity index (χ3v) is 5.75. The first-order chi connectivity index (χ1) is 15.6. The predicted octanol–water partition coefficient (Wildman–Crippen LogP) is 3.52. The van der Waals surface area contributed by atoms with Gasteiger partial charge in [-0.25, -0.2) is 4.98 Å². The number of guanidine groups is 1. The molecule has 1 atom stereocenters. The monoisotopic (exact) mass is 439 g/mol. The van der Waals surface area contributed by atoms with Gasteiger partial charge in [-0.3, -0.25) is 4.99 Å². The minimum Gasteiger partial charge on any atom is -0.493 e. The molecule has 1 unspecified atom stereocenters. The predicted molar refractivity (Wildman–Crippen MR) is 130 cm³/mol. The highest BCUT2D eigenvalue weighted by atomic mass is 16.5. The van der Waals surface area contributed by atoms with E-state index in [9.17, 15) is 0 Å². The fourth-order valence-corrected chi connectivity index (χ4v) is 3.71. The number of pyridine rings is 1. The van der Waals surface area contributed by atoms with E-state index in [1.54, 1.807) is 7.05 Å². The van der Waals surface area contributed by atoms with Gasteiger partial charge in [0.25, 0.3) is 0 Å². The van der Waals surface area contributed by atoms with Gasteiger partial charge in [0.2, 0.25) is 0 Å². The molecule has 0 saturated carbocycles. The molecule has 0 spiro atoms. The molecule has 32 heavy (non-hydrogen) atoms. The quantitative estimate of drug-likeness (QED) is 0.436. The van der Waals surface area contributed by atoms with Gasteiger partial charge in [0.15, 0.2) is 5.96 Å². The first-order valence-corrected chi connectivity index (χ1v) is 11.6. The largest absolute Gasteiger partial charge is 0.493 e. The summed E-state index contributed by atoms with van der Waals surface area (Å²) in [6.45, 7) is 11.9.